The van der Waals surface area contributed by atoms with Crippen molar-refractivity contribution in [2.75, 3.05) is 19.0 Å². The van der Waals surface area contributed by atoms with E-state index in [9.17, 15) is 0 Å². The summed E-state index contributed by atoms with van der Waals surface area (Å²) in [5, 5.41) is 0. The average Bonchev–Trinajstić information content (AvgIpc) is 2.38. The molecule has 1 aliphatic rings. The van der Waals surface area contributed by atoms with Gasteiger partial charge in [0.2, 0.25) is 0 Å². The van der Waals surface area contributed by atoms with Crippen molar-refractivity contribution < 1.29 is 0 Å². The van der Waals surface area contributed by atoms with Gasteiger partial charge in [0.1, 0.15) is 0 Å². The smallest absolute Gasteiger partial charge is 0.0345 e. The molecule has 1 rings (SSSR count). The van der Waals surface area contributed by atoms with Crippen LogP contribution in [0.3, 0.4) is 0 Å². The fourth-order valence-electron chi connectivity index (χ4n) is 1.22. The van der Waals surface area contributed by atoms with Crippen LogP contribution >= 0.6 is 8.58 Å². The summed E-state index contributed by atoms with van der Waals surface area (Å²) in [4.78, 5) is 2.43. The van der Waals surface area contributed by atoms with Crippen molar-refractivity contribution in [3.8, 4) is 0 Å². The number of rotatable bonds is 3. The molecule has 10 heavy (non-hydrogen) atoms. The fourth-order valence-corrected chi connectivity index (χ4v) is 2.46. The van der Waals surface area contributed by atoms with E-state index in [0.29, 0.717) is 0 Å². The Morgan fingerprint density at radius 3 is 3.00 bits per heavy atom. The van der Waals surface area contributed by atoms with Gasteiger partial charge in [-0.2, -0.15) is 0 Å². The van der Waals surface area contributed by atoms with Gasteiger partial charge in [-0.3, -0.25) is 0 Å². The van der Waals surface area contributed by atoms with E-state index in [1.165, 1.54) is 37.5 Å². The molecule has 0 aliphatic carbocycles. The lowest BCUT2D eigenvalue weighted by Crippen LogP contribution is -2.17. The molecular formula is C8H16NP. The standard InChI is InChI=1S/C8H16NP/c1-3-4-8(2)9-5-6-10-7-9/h10H,2-7H2,1H3. The Labute approximate surface area is 65.3 Å². The van der Waals surface area contributed by atoms with Crippen molar-refractivity contribution >= 4 is 8.58 Å². The van der Waals surface area contributed by atoms with Crippen LogP contribution in [0.2, 0.25) is 0 Å². The quantitative estimate of drug-likeness (QED) is 0.568. The largest absolute Gasteiger partial charge is 0.371 e. The maximum Gasteiger partial charge on any atom is 0.0345 e. The molecule has 1 aliphatic heterocycles. The topological polar surface area (TPSA) is 3.24 Å². The summed E-state index contributed by atoms with van der Waals surface area (Å²) in [6, 6.07) is 0. The third-order valence-corrected chi connectivity index (χ3v) is 3.03. The molecule has 0 aromatic rings. The number of hydrogen-bond donors (Lipinski definition) is 0. The van der Waals surface area contributed by atoms with Crippen LogP contribution in [0.5, 0.6) is 0 Å². The first-order chi connectivity index (χ1) is 4.84. The van der Waals surface area contributed by atoms with Gasteiger partial charge in [0.25, 0.3) is 0 Å². The molecule has 1 atom stereocenters. The maximum atomic E-state index is 4.06. The SMILES string of the molecule is C=C(CCC)N1CCPC1. The summed E-state index contributed by atoms with van der Waals surface area (Å²) >= 11 is 0. The minimum Gasteiger partial charge on any atom is -0.371 e. The van der Waals surface area contributed by atoms with E-state index in [1.807, 2.05) is 0 Å². The van der Waals surface area contributed by atoms with Crippen LogP contribution in [0.4, 0.5) is 0 Å². The van der Waals surface area contributed by atoms with Gasteiger partial charge in [0, 0.05) is 18.5 Å². The fraction of sp³-hybridized carbons (Fsp3) is 0.750. The zero-order chi connectivity index (χ0) is 7.40. The molecule has 0 spiro atoms. The highest BCUT2D eigenvalue weighted by Crippen LogP contribution is 2.24. The first kappa shape index (κ1) is 8.07. The van der Waals surface area contributed by atoms with Crippen molar-refractivity contribution in [2.45, 2.75) is 19.8 Å². The average molecular weight is 157 g/mol. The lowest BCUT2D eigenvalue weighted by Gasteiger charge is -2.18. The normalized spacial score (nSPS) is 20.3. The molecule has 0 saturated carbocycles. The molecule has 1 fully saturated rings. The van der Waals surface area contributed by atoms with E-state index in [2.05, 4.69) is 18.4 Å². The summed E-state index contributed by atoms with van der Waals surface area (Å²) in [7, 11) is 1.15. The van der Waals surface area contributed by atoms with Gasteiger partial charge in [-0.05, 0) is 12.6 Å². The number of nitrogens with zero attached hydrogens (tertiary/aromatic N) is 1. The Hall–Kier alpha value is -0.0300. The zero-order valence-corrected chi connectivity index (χ0v) is 7.69. The first-order valence-electron chi connectivity index (χ1n) is 3.98. The van der Waals surface area contributed by atoms with Crippen molar-refractivity contribution in [3.63, 3.8) is 0 Å². The molecule has 58 valence electrons. The summed E-state index contributed by atoms with van der Waals surface area (Å²) in [5.74, 6) is 0. The Morgan fingerprint density at radius 2 is 2.50 bits per heavy atom. The maximum absolute atomic E-state index is 4.06. The van der Waals surface area contributed by atoms with Gasteiger partial charge in [0.05, 0.1) is 0 Å². The predicted molar refractivity (Wildman–Crippen MR) is 48.8 cm³/mol. The third kappa shape index (κ3) is 1.98. The minimum absolute atomic E-state index is 1.15. The van der Waals surface area contributed by atoms with Gasteiger partial charge in [0.15, 0.2) is 0 Å². The van der Waals surface area contributed by atoms with Gasteiger partial charge in [-0.1, -0.05) is 28.5 Å². The molecule has 1 saturated heterocycles. The van der Waals surface area contributed by atoms with Gasteiger partial charge in [-0.25, -0.2) is 0 Å². The molecule has 0 bridgehead atoms. The Bertz CT molecular complexity index is 116. The molecule has 1 heterocycles. The molecule has 2 heteroatoms. The number of allylic oxidation sites excluding steroid dienone is 1. The lowest BCUT2D eigenvalue weighted by atomic mass is 10.2. The molecule has 0 aromatic carbocycles. The molecule has 1 unspecified atom stereocenters. The van der Waals surface area contributed by atoms with E-state index >= 15 is 0 Å². The summed E-state index contributed by atoms with van der Waals surface area (Å²) in [6.07, 6.45) is 5.09. The Morgan fingerprint density at radius 1 is 1.70 bits per heavy atom. The second-order valence-electron chi connectivity index (χ2n) is 2.74. The monoisotopic (exact) mass is 157 g/mol. The van der Waals surface area contributed by atoms with Crippen LogP contribution in [-0.4, -0.2) is 23.9 Å². The molecule has 0 radical (unpaired) electrons. The van der Waals surface area contributed by atoms with Crippen molar-refractivity contribution in [2.24, 2.45) is 0 Å². The summed E-state index contributed by atoms with van der Waals surface area (Å²) < 4.78 is 0. The van der Waals surface area contributed by atoms with Crippen molar-refractivity contribution in [3.05, 3.63) is 12.3 Å². The van der Waals surface area contributed by atoms with Gasteiger partial charge < -0.3 is 4.90 Å². The second-order valence-corrected chi connectivity index (χ2v) is 4.05. The molecule has 0 N–H and O–H groups in total. The van der Waals surface area contributed by atoms with Crippen LogP contribution in [0.1, 0.15) is 19.8 Å². The highest BCUT2D eigenvalue weighted by molar-refractivity contribution is 7.38. The highest BCUT2D eigenvalue weighted by Gasteiger charge is 2.11. The Balaban J connectivity index is 2.25. The van der Waals surface area contributed by atoms with Crippen molar-refractivity contribution in [1.82, 2.24) is 4.90 Å². The second kappa shape index (κ2) is 3.98. The van der Waals surface area contributed by atoms with E-state index in [4.69, 9.17) is 0 Å². The third-order valence-electron chi connectivity index (χ3n) is 1.85. The van der Waals surface area contributed by atoms with Gasteiger partial charge in [-0.15, -0.1) is 0 Å². The zero-order valence-electron chi connectivity index (χ0n) is 6.69. The van der Waals surface area contributed by atoms with Crippen LogP contribution in [-0.2, 0) is 0 Å². The van der Waals surface area contributed by atoms with E-state index in [1.54, 1.807) is 0 Å². The van der Waals surface area contributed by atoms with Crippen LogP contribution in [0.25, 0.3) is 0 Å². The molecule has 0 aromatic heterocycles. The van der Waals surface area contributed by atoms with E-state index < -0.39 is 0 Å². The summed E-state index contributed by atoms with van der Waals surface area (Å²) in [6.45, 7) is 7.53. The van der Waals surface area contributed by atoms with E-state index in [-0.39, 0.29) is 0 Å². The molecule has 0 amide bonds. The molecule has 1 nitrogen and oxygen atoms in total. The van der Waals surface area contributed by atoms with E-state index in [0.717, 1.165) is 8.58 Å². The first-order valence-corrected chi connectivity index (χ1v) is 5.39. The highest BCUT2D eigenvalue weighted by atomic mass is 31.1. The van der Waals surface area contributed by atoms with Crippen LogP contribution in [0, 0.1) is 0 Å². The van der Waals surface area contributed by atoms with Crippen LogP contribution in [0.15, 0.2) is 12.3 Å². The molecular weight excluding hydrogens is 141 g/mol. The van der Waals surface area contributed by atoms with Crippen molar-refractivity contribution in [1.29, 1.82) is 0 Å². The minimum atomic E-state index is 1.15. The van der Waals surface area contributed by atoms with Crippen LogP contribution < -0.4 is 0 Å². The van der Waals surface area contributed by atoms with Gasteiger partial charge >= 0.3 is 0 Å². The lowest BCUT2D eigenvalue weighted by molar-refractivity contribution is 0.428. The number of hydrogen-bond acceptors (Lipinski definition) is 1. The Kier molecular flexibility index (Phi) is 3.21. The summed E-state index contributed by atoms with van der Waals surface area (Å²) in [5.41, 5.74) is 1.35. The predicted octanol–water partition coefficient (Wildman–Crippen LogP) is 2.25.